The number of carbonyl (C=O) groups is 1. The molecule has 194 valence electrons. The van der Waals surface area contributed by atoms with Gasteiger partial charge in [0.15, 0.2) is 0 Å². The van der Waals surface area contributed by atoms with Crippen LogP contribution in [0.4, 0.5) is 0 Å². The maximum atomic E-state index is 11.3. The number of aliphatic carboxylic acids is 1. The van der Waals surface area contributed by atoms with Crippen LogP contribution >= 0.6 is 11.3 Å². The lowest BCUT2D eigenvalue weighted by molar-refractivity contribution is -0.137. The number of aromatic nitrogens is 1. The van der Waals surface area contributed by atoms with Crippen LogP contribution in [-0.4, -0.2) is 52.8 Å². The van der Waals surface area contributed by atoms with Crippen LogP contribution in [0.3, 0.4) is 0 Å². The van der Waals surface area contributed by atoms with E-state index in [2.05, 4.69) is 26.7 Å². The molecule has 1 fully saturated rings. The third kappa shape index (κ3) is 7.28. The number of thiophene rings is 1. The number of ether oxygens (including phenoxy) is 1. The summed E-state index contributed by atoms with van der Waals surface area (Å²) in [5.41, 5.74) is 3.15. The van der Waals surface area contributed by atoms with Crippen LogP contribution in [-0.2, 0) is 11.2 Å². The highest BCUT2D eigenvalue weighted by molar-refractivity contribution is 7.07. The van der Waals surface area contributed by atoms with Crippen molar-refractivity contribution in [3.8, 4) is 5.75 Å². The maximum absolute atomic E-state index is 11.3. The molecule has 0 spiro atoms. The van der Waals surface area contributed by atoms with Gasteiger partial charge in [0.2, 0.25) is 0 Å². The van der Waals surface area contributed by atoms with Crippen molar-refractivity contribution in [2.45, 2.75) is 57.5 Å². The van der Waals surface area contributed by atoms with E-state index in [1.54, 1.807) is 24.6 Å². The van der Waals surface area contributed by atoms with Crippen molar-refractivity contribution in [2.75, 3.05) is 26.7 Å². The van der Waals surface area contributed by atoms with Crippen LogP contribution in [0.2, 0.25) is 0 Å². The molecule has 1 aliphatic heterocycles. The Morgan fingerprint density at radius 3 is 2.89 bits per heavy atom. The number of rotatable bonds is 13. The summed E-state index contributed by atoms with van der Waals surface area (Å²) in [6.45, 7) is 3.09. The van der Waals surface area contributed by atoms with Crippen molar-refractivity contribution in [1.29, 1.82) is 0 Å². The van der Waals surface area contributed by atoms with Crippen LogP contribution in [0.5, 0.6) is 5.75 Å². The molecule has 0 aliphatic carbocycles. The third-order valence-electron chi connectivity index (χ3n) is 7.63. The molecular formula is C29H38N2O4S. The monoisotopic (exact) mass is 510 g/mol. The van der Waals surface area contributed by atoms with Crippen molar-refractivity contribution < 1.29 is 19.7 Å². The Morgan fingerprint density at radius 1 is 1.22 bits per heavy atom. The zero-order valence-corrected chi connectivity index (χ0v) is 22.0. The van der Waals surface area contributed by atoms with Gasteiger partial charge in [0, 0.05) is 24.5 Å². The molecule has 1 saturated heterocycles. The summed E-state index contributed by atoms with van der Waals surface area (Å²) >= 11 is 1.76. The smallest absolute Gasteiger partial charge is 0.303 e. The average molecular weight is 511 g/mol. The summed E-state index contributed by atoms with van der Waals surface area (Å²) in [5.74, 6) is 0.816. The van der Waals surface area contributed by atoms with Crippen molar-refractivity contribution in [3.63, 3.8) is 0 Å². The average Bonchev–Trinajstić information content (AvgIpc) is 3.42. The van der Waals surface area contributed by atoms with E-state index in [0.717, 1.165) is 61.1 Å². The SMILES string of the molecule is COc1ccc2nccc([C@@H](O)CCC3CCN(CCCCc4ccsc4)CC3CCC(=O)O)c2c1. The zero-order chi connectivity index (χ0) is 25.3. The molecule has 6 nitrogen and oxygen atoms in total. The van der Waals surface area contributed by atoms with E-state index in [1.165, 1.54) is 18.4 Å². The Balaban J connectivity index is 1.33. The Kier molecular flexibility index (Phi) is 9.73. The number of aliphatic hydroxyl groups excluding tert-OH is 1. The number of benzene rings is 1. The van der Waals surface area contributed by atoms with Gasteiger partial charge in [-0.2, -0.15) is 11.3 Å². The lowest BCUT2D eigenvalue weighted by Gasteiger charge is -2.39. The number of nitrogens with zero attached hydrogens (tertiary/aromatic N) is 2. The maximum Gasteiger partial charge on any atom is 0.303 e. The molecule has 0 amide bonds. The number of unbranched alkanes of at least 4 members (excludes halogenated alkanes) is 1. The second-order valence-electron chi connectivity index (χ2n) is 10.0. The highest BCUT2D eigenvalue weighted by Crippen LogP contribution is 2.35. The topological polar surface area (TPSA) is 82.9 Å². The molecule has 1 aliphatic rings. The van der Waals surface area contributed by atoms with Crippen molar-refractivity contribution in [2.24, 2.45) is 11.8 Å². The summed E-state index contributed by atoms with van der Waals surface area (Å²) in [6, 6.07) is 9.84. The Labute approximate surface area is 217 Å². The first-order valence-corrected chi connectivity index (χ1v) is 14.0. The fraction of sp³-hybridized carbons (Fsp3) is 0.517. The Bertz CT molecular complexity index is 1100. The van der Waals surface area contributed by atoms with Gasteiger partial charge in [-0.15, -0.1) is 0 Å². The second kappa shape index (κ2) is 13.2. The number of likely N-dealkylation sites (tertiary alicyclic amines) is 1. The molecule has 3 heterocycles. The molecule has 3 atom stereocenters. The summed E-state index contributed by atoms with van der Waals surface area (Å²) in [4.78, 5) is 18.3. The van der Waals surface area contributed by atoms with Crippen LogP contribution in [0.15, 0.2) is 47.3 Å². The number of hydrogen-bond donors (Lipinski definition) is 2. The summed E-state index contributed by atoms with van der Waals surface area (Å²) in [7, 11) is 1.64. The van der Waals surface area contributed by atoms with E-state index in [0.29, 0.717) is 24.7 Å². The zero-order valence-electron chi connectivity index (χ0n) is 21.1. The molecule has 1 aromatic carbocycles. The van der Waals surface area contributed by atoms with Crippen molar-refractivity contribution in [3.05, 3.63) is 58.4 Å². The Hall–Kier alpha value is -2.48. The van der Waals surface area contributed by atoms with E-state index in [9.17, 15) is 15.0 Å². The quantitative estimate of drug-likeness (QED) is 0.277. The summed E-state index contributed by atoms with van der Waals surface area (Å²) in [6.07, 6.45) is 8.19. The molecule has 4 rings (SSSR count). The van der Waals surface area contributed by atoms with Crippen LogP contribution in [0.25, 0.3) is 10.9 Å². The van der Waals surface area contributed by atoms with Crippen LogP contribution < -0.4 is 4.74 Å². The van der Waals surface area contributed by atoms with Gasteiger partial charge in [-0.05, 0) is 122 Å². The molecular weight excluding hydrogens is 472 g/mol. The summed E-state index contributed by atoms with van der Waals surface area (Å²) < 4.78 is 5.37. The first-order valence-electron chi connectivity index (χ1n) is 13.1. The second-order valence-corrected chi connectivity index (χ2v) is 10.8. The normalized spacial score (nSPS) is 19.4. The van der Waals surface area contributed by atoms with E-state index in [4.69, 9.17) is 4.74 Å². The number of carboxylic acids is 1. The molecule has 0 radical (unpaired) electrons. The molecule has 2 N–H and O–H groups in total. The molecule has 0 bridgehead atoms. The first-order chi connectivity index (χ1) is 17.5. The predicted molar refractivity (Wildman–Crippen MR) is 145 cm³/mol. The highest BCUT2D eigenvalue weighted by atomic mass is 32.1. The van der Waals surface area contributed by atoms with Crippen LogP contribution in [0.1, 0.15) is 62.2 Å². The Morgan fingerprint density at radius 2 is 2.11 bits per heavy atom. The minimum Gasteiger partial charge on any atom is -0.497 e. The molecule has 0 saturated carbocycles. The predicted octanol–water partition coefficient (Wildman–Crippen LogP) is 5.94. The van der Waals surface area contributed by atoms with E-state index < -0.39 is 12.1 Å². The lowest BCUT2D eigenvalue weighted by Crippen LogP contribution is -2.41. The number of fused-ring (bicyclic) bond motifs is 1. The van der Waals surface area contributed by atoms with Gasteiger partial charge in [0.25, 0.3) is 0 Å². The van der Waals surface area contributed by atoms with Gasteiger partial charge in [-0.25, -0.2) is 0 Å². The first kappa shape index (κ1) is 26.6. The van der Waals surface area contributed by atoms with Crippen LogP contribution in [0, 0.1) is 11.8 Å². The third-order valence-corrected chi connectivity index (χ3v) is 8.36. The molecule has 2 aromatic heterocycles. The van der Waals surface area contributed by atoms with Gasteiger partial charge in [0.05, 0.1) is 18.7 Å². The van der Waals surface area contributed by atoms with Crippen molar-refractivity contribution in [1.82, 2.24) is 9.88 Å². The number of carboxylic acid groups (broad SMARTS) is 1. The number of pyridine rings is 1. The van der Waals surface area contributed by atoms with Crippen molar-refractivity contribution >= 4 is 28.2 Å². The number of piperidine rings is 1. The molecule has 36 heavy (non-hydrogen) atoms. The van der Waals surface area contributed by atoms with Gasteiger partial charge in [-0.1, -0.05) is 0 Å². The fourth-order valence-electron chi connectivity index (χ4n) is 5.57. The summed E-state index contributed by atoms with van der Waals surface area (Å²) in [5, 5.41) is 25.7. The number of hydrogen-bond acceptors (Lipinski definition) is 6. The van der Waals surface area contributed by atoms with Gasteiger partial charge in [0.1, 0.15) is 5.75 Å². The van der Waals surface area contributed by atoms with Gasteiger partial charge in [-0.3, -0.25) is 9.78 Å². The molecule has 2 unspecified atom stereocenters. The minimum atomic E-state index is -0.723. The lowest BCUT2D eigenvalue weighted by atomic mass is 9.79. The number of aryl methyl sites for hydroxylation is 1. The van der Waals surface area contributed by atoms with E-state index in [-0.39, 0.29) is 6.42 Å². The largest absolute Gasteiger partial charge is 0.497 e. The molecule has 3 aromatic rings. The van der Waals surface area contributed by atoms with Gasteiger partial charge < -0.3 is 19.8 Å². The highest BCUT2D eigenvalue weighted by Gasteiger charge is 2.30. The minimum absolute atomic E-state index is 0.213. The number of methoxy groups -OCH3 is 1. The fourth-order valence-corrected chi connectivity index (χ4v) is 6.27. The van der Waals surface area contributed by atoms with Gasteiger partial charge >= 0.3 is 5.97 Å². The van der Waals surface area contributed by atoms with E-state index in [1.807, 2.05) is 24.3 Å². The standard InChI is InChI=1S/C29H38N2O4S/c1-35-24-7-8-27-26(18-24)25(11-14-30-27)28(32)9-5-22-12-16-31(19-23(22)6-10-29(33)34)15-3-2-4-21-13-17-36-20-21/h7-8,11,13-14,17-18,20,22-23,28,32H,2-6,9-10,12,15-16,19H2,1H3,(H,33,34)/t22?,23?,28-/m0/s1. The van der Waals surface area contributed by atoms with E-state index >= 15 is 0 Å². The number of aliphatic hydroxyl groups is 1. The molecule has 7 heteroatoms.